The highest BCUT2D eigenvalue weighted by atomic mass is 79.9. The standard InChI is InChI=1S/C7H12BrN7O/c8-4-3-13-7(15-10)14-5(4)11-1-2-12-6(9)16/h3H,1-2,10H2,(H3,9,12,16)(H2,11,13,14,15). The number of amides is 2. The summed E-state index contributed by atoms with van der Waals surface area (Å²) in [6.07, 6.45) is 1.56. The Balaban J connectivity index is 2.49. The van der Waals surface area contributed by atoms with Crippen molar-refractivity contribution in [3.8, 4) is 0 Å². The summed E-state index contributed by atoms with van der Waals surface area (Å²) in [4.78, 5) is 18.3. The highest BCUT2D eigenvalue weighted by molar-refractivity contribution is 9.10. The average molecular weight is 290 g/mol. The topological polar surface area (TPSA) is 131 Å². The SMILES string of the molecule is NNc1ncc(Br)c(NCCNC(N)=O)n1. The lowest BCUT2D eigenvalue weighted by atomic mass is 10.5. The molecule has 0 saturated carbocycles. The van der Waals surface area contributed by atoms with Gasteiger partial charge in [0.05, 0.1) is 4.47 Å². The second-order valence-electron chi connectivity index (χ2n) is 2.75. The van der Waals surface area contributed by atoms with Gasteiger partial charge in [-0.15, -0.1) is 0 Å². The lowest BCUT2D eigenvalue weighted by Crippen LogP contribution is -2.33. The number of hydrazine groups is 1. The van der Waals surface area contributed by atoms with E-state index < -0.39 is 6.03 Å². The van der Waals surface area contributed by atoms with Crippen molar-refractivity contribution in [1.29, 1.82) is 0 Å². The maximum absolute atomic E-state index is 10.4. The molecular weight excluding hydrogens is 278 g/mol. The van der Waals surface area contributed by atoms with E-state index in [1.165, 1.54) is 0 Å². The smallest absolute Gasteiger partial charge is 0.312 e. The first kappa shape index (κ1) is 12.5. The fourth-order valence-corrected chi connectivity index (χ4v) is 1.26. The van der Waals surface area contributed by atoms with Gasteiger partial charge in [-0.1, -0.05) is 0 Å². The Morgan fingerprint density at radius 2 is 2.25 bits per heavy atom. The molecular formula is C7H12BrN7O. The number of nitrogens with one attached hydrogen (secondary N) is 3. The number of hydrogen-bond acceptors (Lipinski definition) is 6. The molecule has 0 aliphatic carbocycles. The number of anilines is 2. The van der Waals surface area contributed by atoms with E-state index in [1.807, 2.05) is 0 Å². The number of carbonyl (C=O) groups is 1. The Labute approximate surface area is 100 Å². The summed E-state index contributed by atoms with van der Waals surface area (Å²) >= 11 is 3.27. The van der Waals surface area contributed by atoms with Crippen LogP contribution in [0.4, 0.5) is 16.6 Å². The van der Waals surface area contributed by atoms with Gasteiger partial charge in [0.1, 0.15) is 5.82 Å². The normalized spacial score (nSPS) is 9.62. The molecule has 0 radical (unpaired) electrons. The van der Waals surface area contributed by atoms with Crippen LogP contribution >= 0.6 is 15.9 Å². The molecule has 0 fully saturated rings. The molecule has 0 atom stereocenters. The van der Waals surface area contributed by atoms with Crippen molar-refractivity contribution in [1.82, 2.24) is 15.3 Å². The van der Waals surface area contributed by atoms with Crippen LogP contribution in [-0.2, 0) is 0 Å². The number of urea groups is 1. The van der Waals surface area contributed by atoms with Crippen LogP contribution < -0.4 is 27.6 Å². The van der Waals surface area contributed by atoms with Gasteiger partial charge in [0.15, 0.2) is 0 Å². The highest BCUT2D eigenvalue weighted by Gasteiger charge is 2.03. The van der Waals surface area contributed by atoms with Gasteiger partial charge in [-0.3, -0.25) is 5.43 Å². The molecule has 0 aliphatic heterocycles. The van der Waals surface area contributed by atoms with Gasteiger partial charge in [0.25, 0.3) is 0 Å². The first-order chi connectivity index (χ1) is 7.63. The molecule has 9 heteroatoms. The van der Waals surface area contributed by atoms with Crippen LogP contribution in [0, 0.1) is 0 Å². The summed E-state index contributed by atoms with van der Waals surface area (Å²) in [5.74, 6) is 6.05. The first-order valence-corrected chi connectivity index (χ1v) is 5.19. The number of primary amides is 1. The number of carbonyl (C=O) groups excluding carboxylic acids is 1. The zero-order chi connectivity index (χ0) is 12.0. The van der Waals surface area contributed by atoms with Crippen LogP contribution in [-0.4, -0.2) is 29.1 Å². The van der Waals surface area contributed by atoms with E-state index in [0.717, 1.165) is 0 Å². The number of nitrogens with two attached hydrogens (primary N) is 2. The second kappa shape index (κ2) is 6.08. The fraction of sp³-hybridized carbons (Fsp3) is 0.286. The van der Waals surface area contributed by atoms with Crippen molar-refractivity contribution in [3.05, 3.63) is 10.7 Å². The summed E-state index contributed by atoms with van der Waals surface area (Å²) in [6.45, 7) is 0.889. The summed E-state index contributed by atoms with van der Waals surface area (Å²) in [5, 5.41) is 5.42. The first-order valence-electron chi connectivity index (χ1n) is 4.40. The summed E-state index contributed by atoms with van der Waals surface area (Å²) in [7, 11) is 0. The minimum atomic E-state index is -0.562. The third-order valence-electron chi connectivity index (χ3n) is 1.59. The largest absolute Gasteiger partial charge is 0.367 e. The minimum Gasteiger partial charge on any atom is -0.367 e. The lowest BCUT2D eigenvalue weighted by Gasteiger charge is -2.08. The molecule has 1 aromatic rings. The van der Waals surface area contributed by atoms with E-state index >= 15 is 0 Å². The monoisotopic (exact) mass is 289 g/mol. The zero-order valence-corrected chi connectivity index (χ0v) is 9.91. The predicted molar refractivity (Wildman–Crippen MR) is 63.6 cm³/mol. The molecule has 1 rings (SSSR count). The van der Waals surface area contributed by atoms with E-state index in [1.54, 1.807) is 6.20 Å². The Morgan fingerprint density at radius 3 is 2.88 bits per heavy atom. The summed E-state index contributed by atoms with van der Waals surface area (Å²) in [5.41, 5.74) is 7.24. The number of nitrogen functional groups attached to an aromatic ring is 1. The molecule has 0 aliphatic rings. The minimum absolute atomic E-state index is 0.300. The summed E-state index contributed by atoms with van der Waals surface area (Å²) < 4.78 is 0.700. The van der Waals surface area contributed by atoms with E-state index in [-0.39, 0.29) is 0 Å². The van der Waals surface area contributed by atoms with Gasteiger partial charge in [-0.25, -0.2) is 15.6 Å². The van der Waals surface area contributed by atoms with Gasteiger partial charge in [-0.05, 0) is 15.9 Å². The van der Waals surface area contributed by atoms with Gasteiger partial charge >= 0.3 is 6.03 Å². The highest BCUT2D eigenvalue weighted by Crippen LogP contribution is 2.19. The van der Waals surface area contributed by atoms with Crippen molar-refractivity contribution < 1.29 is 4.79 Å². The number of halogens is 1. The molecule has 1 aromatic heterocycles. The van der Waals surface area contributed by atoms with Crippen LogP contribution in [0.2, 0.25) is 0 Å². The molecule has 0 bridgehead atoms. The van der Waals surface area contributed by atoms with Gasteiger partial charge < -0.3 is 16.4 Å². The average Bonchev–Trinajstić information content (AvgIpc) is 2.26. The quantitative estimate of drug-likeness (QED) is 0.285. The molecule has 88 valence electrons. The van der Waals surface area contributed by atoms with Crippen molar-refractivity contribution in [2.24, 2.45) is 11.6 Å². The molecule has 2 amide bonds. The van der Waals surface area contributed by atoms with Crippen molar-refractivity contribution in [3.63, 3.8) is 0 Å². The molecule has 8 nitrogen and oxygen atoms in total. The third kappa shape index (κ3) is 3.87. The molecule has 16 heavy (non-hydrogen) atoms. The number of aromatic nitrogens is 2. The van der Waals surface area contributed by atoms with Gasteiger partial charge in [0, 0.05) is 19.3 Å². The van der Waals surface area contributed by atoms with E-state index in [2.05, 4.69) is 42.0 Å². The maximum Gasteiger partial charge on any atom is 0.312 e. The van der Waals surface area contributed by atoms with Crippen molar-refractivity contribution in [2.45, 2.75) is 0 Å². The Hall–Kier alpha value is -1.61. The van der Waals surface area contributed by atoms with Crippen LogP contribution in [0.25, 0.3) is 0 Å². The number of nitrogens with zero attached hydrogens (tertiary/aromatic N) is 2. The Morgan fingerprint density at radius 1 is 1.50 bits per heavy atom. The molecule has 1 heterocycles. The summed E-state index contributed by atoms with van der Waals surface area (Å²) in [6, 6.07) is -0.562. The van der Waals surface area contributed by atoms with Crippen LogP contribution in [0.5, 0.6) is 0 Å². The Bertz CT molecular complexity index is 372. The Kier molecular flexibility index (Phi) is 4.73. The molecule has 0 aromatic carbocycles. The zero-order valence-electron chi connectivity index (χ0n) is 8.33. The lowest BCUT2D eigenvalue weighted by molar-refractivity contribution is 0.249. The van der Waals surface area contributed by atoms with Crippen LogP contribution in [0.15, 0.2) is 10.7 Å². The van der Waals surface area contributed by atoms with E-state index in [9.17, 15) is 4.79 Å². The van der Waals surface area contributed by atoms with Crippen molar-refractivity contribution in [2.75, 3.05) is 23.8 Å². The van der Waals surface area contributed by atoms with Crippen LogP contribution in [0.3, 0.4) is 0 Å². The fourth-order valence-electron chi connectivity index (χ4n) is 0.927. The molecule has 7 N–H and O–H groups in total. The molecule has 0 saturated heterocycles. The van der Waals surface area contributed by atoms with E-state index in [0.29, 0.717) is 29.3 Å². The van der Waals surface area contributed by atoms with Crippen molar-refractivity contribution >= 4 is 33.7 Å². The van der Waals surface area contributed by atoms with Gasteiger partial charge in [-0.2, -0.15) is 4.98 Å². The number of rotatable bonds is 5. The predicted octanol–water partition coefficient (Wildman–Crippen LogP) is -0.395. The number of hydrogen-bond donors (Lipinski definition) is 5. The van der Waals surface area contributed by atoms with E-state index in [4.69, 9.17) is 11.6 Å². The maximum atomic E-state index is 10.4. The van der Waals surface area contributed by atoms with Gasteiger partial charge in [0.2, 0.25) is 5.95 Å². The van der Waals surface area contributed by atoms with Crippen LogP contribution in [0.1, 0.15) is 0 Å². The molecule has 0 spiro atoms. The molecule has 0 unspecified atom stereocenters. The second-order valence-corrected chi connectivity index (χ2v) is 3.61. The third-order valence-corrected chi connectivity index (χ3v) is 2.17.